The zero-order valence-electron chi connectivity index (χ0n) is 14.5. The molecule has 2 rings (SSSR count). The molecule has 5 heteroatoms. The van der Waals surface area contributed by atoms with E-state index in [2.05, 4.69) is 25.8 Å². The van der Waals surface area contributed by atoms with Gasteiger partial charge in [-0.25, -0.2) is 4.98 Å². The first kappa shape index (κ1) is 17.5. The maximum Gasteiger partial charge on any atom is 0.208 e. The Morgan fingerprint density at radius 1 is 1.26 bits per heavy atom. The van der Waals surface area contributed by atoms with Crippen LogP contribution in [0.3, 0.4) is 0 Å². The summed E-state index contributed by atoms with van der Waals surface area (Å²) in [5.74, 6) is 2.32. The van der Waals surface area contributed by atoms with E-state index in [-0.39, 0.29) is 18.1 Å². The smallest absolute Gasteiger partial charge is 0.208 e. The fourth-order valence-electron chi connectivity index (χ4n) is 2.38. The molecule has 0 spiro atoms. The predicted octanol–water partition coefficient (Wildman–Crippen LogP) is 3.15. The van der Waals surface area contributed by atoms with Crippen molar-refractivity contribution in [3.63, 3.8) is 0 Å². The Labute approximate surface area is 137 Å². The molecule has 2 aromatic rings. The summed E-state index contributed by atoms with van der Waals surface area (Å²) in [6.07, 6.45) is 1.78. The Morgan fingerprint density at radius 2 is 1.91 bits per heavy atom. The van der Waals surface area contributed by atoms with Crippen molar-refractivity contribution in [2.24, 2.45) is 0 Å². The Hall–Kier alpha value is -1.85. The third-order valence-corrected chi connectivity index (χ3v) is 3.88. The van der Waals surface area contributed by atoms with E-state index in [1.807, 2.05) is 36.2 Å². The molecule has 1 heterocycles. The van der Waals surface area contributed by atoms with Gasteiger partial charge in [-0.1, -0.05) is 32.9 Å². The van der Waals surface area contributed by atoms with E-state index in [0.717, 1.165) is 17.1 Å². The monoisotopic (exact) mass is 318 g/mol. The van der Waals surface area contributed by atoms with Crippen molar-refractivity contribution in [3.8, 4) is 5.75 Å². The number of nitrogens with zero attached hydrogens (tertiary/aromatic N) is 2. The largest absolute Gasteiger partial charge is 0.497 e. The Bertz CT molecular complexity index is 614. The first-order chi connectivity index (χ1) is 10.8. The van der Waals surface area contributed by atoms with Gasteiger partial charge >= 0.3 is 0 Å². The van der Waals surface area contributed by atoms with Gasteiger partial charge in [0.15, 0.2) is 0 Å². The lowest BCUT2D eigenvalue weighted by atomic mass is 9.94. The zero-order valence-corrected chi connectivity index (χ0v) is 14.5. The molecular formula is C18H26N2O3. The minimum absolute atomic E-state index is 0.0235. The first-order valence-electron chi connectivity index (χ1n) is 7.75. The molecule has 0 bridgehead atoms. The lowest BCUT2D eigenvalue weighted by Gasteiger charge is -2.25. The summed E-state index contributed by atoms with van der Waals surface area (Å²) < 4.78 is 11.0. The summed E-state index contributed by atoms with van der Waals surface area (Å²) in [7, 11) is 3.59. The van der Waals surface area contributed by atoms with Crippen LogP contribution < -0.4 is 4.74 Å². The summed E-state index contributed by atoms with van der Waals surface area (Å²) in [5.41, 5.74) is 0.967. The maximum atomic E-state index is 9.76. The molecule has 1 unspecified atom stereocenters. The number of aromatic nitrogens is 1. The second-order valence-corrected chi connectivity index (χ2v) is 6.75. The summed E-state index contributed by atoms with van der Waals surface area (Å²) >= 11 is 0. The summed E-state index contributed by atoms with van der Waals surface area (Å²) in [6.45, 7) is 6.83. The minimum atomic E-state index is -0.120. The summed E-state index contributed by atoms with van der Waals surface area (Å²) in [4.78, 5) is 6.38. The van der Waals surface area contributed by atoms with Crippen molar-refractivity contribution >= 4 is 0 Å². The van der Waals surface area contributed by atoms with Gasteiger partial charge in [-0.2, -0.15) is 0 Å². The van der Waals surface area contributed by atoms with Crippen molar-refractivity contribution in [1.82, 2.24) is 9.88 Å². The van der Waals surface area contributed by atoms with Crippen LogP contribution >= 0.6 is 0 Å². The van der Waals surface area contributed by atoms with E-state index in [0.29, 0.717) is 12.4 Å². The van der Waals surface area contributed by atoms with Gasteiger partial charge in [-0.15, -0.1) is 0 Å². The molecule has 0 fully saturated rings. The second kappa shape index (κ2) is 7.15. The van der Waals surface area contributed by atoms with E-state index in [1.54, 1.807) is 13.3 Å². The van der Waals surface area contributed by atoms with E-state index >= 15 is 0 Å². The van der Waals surface area contributed by atoms with E-state index < -0.39 is 0 Å². The maximum absolute atomic E-state index is 9.76. The molecule has 1 N–H and O–H groups in total. The van der Waals surface area contributed by atoms with Gasteiger partial charge < -0.3 is 14.3 Å². The van der Waals surface area contributed by atoms with Gasteiger partial charge in [0.25, 0.3) is 0 Å². The molecule has 1 aromatic carbocycles. The van der Waals surface area contributed by atoms with Crippen LogP contribution in [0.1, 0.15) is 44.0 Å². The molecule has 0 amide bonds. The molecule has 0 saturated heterocycles. The summed E-state index contributed by atoms with van der Waals surface area (Å²) in [5, 5.41) is 9.76. The Balaban J connectivity index is 2.10. The second-order valence-electron chi connectivity index (χ2n) is 6.75. The topological polar surface area (TPSA) is 58.7 Å². The van der Waals surface area contributed by atoms with Crippen LogP contribution in [-0.4, -0.2) is 35.8 Å². The number of ether oxygens (including phenoxy) is 1. The Morgan fingerprint density at radius 3 is 2.39 bits per heavy atom. The first-order valence-corrected chi connectivity index (χ1v) is 7.75. The van der Waals surface area contributed by atoms with Crippen LogP contribution in [-0.2, 0) is 12.0 Å². The molecule has 0 aliphatic heterocycles. The predicted molar refractivity (Wildman–Crippen MR) is 89.5 cm³/mol. The number of benzene rings is 1. The molecule has 0 aliphatic rings. The van der Waals surface area contributed by atoms with Gasteiger partial charge in [-0.3, -0.25) is 4.90 Å². The quantitative estimate of drug-likeness (QED) is 0.886. The lowest BCUT2D eigenvalue weighted by molar-refractivity contribution is 0.132. The molecule has 1 atom stereocenters. The normalized spacial score (nSPS) is 13.3. The van der Waals surface area contributed by atoms with Crippen LogP contribution in [0, 0.1) is 0 Å². The van der Waals surface area contributed by atoms with Crippen LogP contribution in [0.4, 0.5) is 0 Å². The third kappa shape index (κ3) is 4.33. The molecule has 23 heavy (non-hydrogen) atoms. The van der Waals surface area contributed by atoms with Crippen LogP contribution in [0.15, 0.2) is 34.9 Å². The highest BCUT2D eigenvalue weighted by molar-refractivity contribution is 5.29. The fraction of sp³-hybridized carbons (Fsp3) is 0.500. The number of rotatable bonds is 6. The number of aliphatic hydroxyl groups excluding tert-OH is 1. The molecular weight excluding hydrogens is 292 g/mol. The van der Waals surface area contributed by atoms with Crippen molar-refractivity contribution < 1.29 is 14.3 Å². The zero-order chi connectivity index (χ0) is 17.0. The number of methoxy groups -OCH3 is 1. The lowest BCUT2D eigenvalue weighted by Crippen LogP contribution is -2.27. The van der Waals surface area contributed by atoms with Crippen molar-refractivity contribution in [2.75, 3.05) is 20.8 Å². The summed E-state index contributed by atoms with van der Waals surface area (Å²) in [6, 6.07) is 7.60. The van der Waals surface area contributed by atoms with Crippen LogP contribution in [0.5, 0.6) is 5.75 Å². The van der Waals surface area contributed by atoms with Gasteiger partial charge in [0, 0.05) is 5.41 Å². The highest BCUT2D eigenvalue weighted by Crippen LogP contribution is 2.26. The average molecular weight is 318 g/mol. The highest BCUT2D eigenvalue weighted by atomic mass is 16.5. The van der Waals surface area contributed by atoms with Crippen molar-refractivity contribution in [1.29, 1.82) is 0 Å². The number of oxazole rings is 1. The van der Waals surface area contributed by atoms with Crippen molar-refractivity contribution in [3.05, 3.63) is 47.7 Å². The van der Waals surface area contributed by atoms with Gasteiger partial charge in [0.05, 0.1) is 32.5 Å². The van der Waals surface area contributed by atoms with Gasteiger partial charge in [0.1, 0.15) is 11.5 Å². The highest BCUT2D eigenvalue weighted by Gasteiger charge is 2.22. The van der Waals surface area contributed by atoms with Crippen LogP contribution in [0.2, 0.25) is 0 Å². The number of hydrogen-bond donors (Lipinski definition) is 1. The average Bonchev–Trinajstić information content (AvgIpc) is 2.97. The Kier molecular flexibility index (Phi) is 5.44. The third-order valence-electron chi connectivity index (χ3n) is 3.88. The SMILES string of the molecule is COc1ccc(C(CO)N(C)Cc2ncc(C(C)(C)C)o2)cc1. The minimum Gasteiger partial charge on any atom is -0.497 e. The molecule has 5 nitrogen and oxygen atoms in total. The molecule has 0 aliphatic carbocycles. The van der Waals surface area contributed by atoms with Crippen LogP contribution in [0.25, 0.3) is 0 Å². The fourth-order valence-corrected chi connectivity index (χ4v) is 2.38. The molecule has 1 aromatic heterocycles. The van der Waals surface area contributed by atoms with Gasteiger partial charge in [0.2, 0.25) is 5.89 Å². The van der Waals surface area contributed by atoms with E-state index in [1.165, 1.54) is 0 Å². The molecule has 126 valence electrons. The number of hydrogen-bond acceptors (Lipinski definition) is 5. The molecule has 0 radical (unpaired) electrons. The van der Waals surface area contributed by atoms with E-state index in [9.17, 15) is 5.11 Å². The van der Waals surface area contributed by atoms with E-state index in [4.69, 9.17) is 9.15 Å². The number of aliphatic hydroxyl groups is 1. The molecule has 0 saturated carbocycles. The van der Waals surface area contributed by atoms with Crippen molar-refractivity contribution in [2.45, 2.75) is 38.8 Å². The number of likely N-dealkylation sites (N-methyl/N-ethyl adjacent to an activating group) is 1. The van der Waals surface area contributed by atoms with Gasteiger partial charge in [-0.05, 0) is 24.7 Å². The standard InChI is InChI=1S/C18H26N2O3/c1-18(2,3)16-10-19-17(23-16)11-20(4)15(12-21)13-6-8-14(22-5)9-7-13/h6-10,15,21H,11-12H2,1-5H3.